The van der Waals surface area contributed by atoms with Crippen LogP contribution in [0.2, 0.25) is 0 Å². The van der Waals surface area contributed by atoms with Crippen LogP contribution in [0.5, 0.6) is 5.75 Å². The molecule has 3 nitrogen and oxygen atoms in total. The van der Waals surface area contributed by atoms with Crippen molar-refractivity contribution < 1.29 is 12.6 Å². The lowest BCUT2D eigenvalue weighted by atomic mass is 9.87. The van der Waals surface area contributed by atoms with Gasteiger partial charge in [0, 0.05) is 4.90 Å². The fourth-order valence-corrected chi connectivity index (χ4v) is 6.72. The number of hydrogen-bond acceptors (Lipinski definition) is 4. The van der Waals surface area contributed by atoms with E-state index in [4.69, 9.17) is 16.8 Å². The Kier molecular flexibility index (Phi) is 10.6. The standard InChI is InChI=1S/C30H44O3S2/c1-22(2)28-20-26(21-29(23(3)4)30(28)34)33-35(31,32)27-18-16-25(17-19-27)24-14-12-10-8-6-5-7-9-11-13-15-24/h16-24,34H,5-15H2,1-4H3. The van der Waals surface area contributed by atoms with Gasteiger partial charge in [-0.05, 0) is 71.6 Å². The second kappa shape index (κ2) is 13.2. The highest BCUT2D eigenvalue weighted by Crippen LogP contribution is 2.36. The third-order valence-electron chi connectivity index (χ3n) is 7.34. The molecule has 1 aliphatic carbocycles. The van der Waals surface area contributed by atoms with Crippen LogP contribution in [0.15, 0.2) is 46.2 Å². The first-order valence-electron chi connectivity index (χ1n) is 13.6. The summed E-state index contributed by atoms with van der Waals surface area (Å²) in [6.45, 7) is 8.33. The summed E-state index contributed by atoms with van der Waals surface area (Å²) < 4.78 is 31.9. The highest BCUT2D eigenvalue weighted by molar-refractivity contribution is 7.87. The van der Waals surface area contributed by atoms with Crippen molar-refractivity contribution in [3.63, 3.8) is 0 Å². The van der Waals surface area contributed by atoms with Gasteiger partial charge in [0.1, 0.15) is 10.6 Å². The molecule has 1 saturated carbocycles. The molecule has 0 atom stereocenters. The van der Waals surface area contributed by atoms with Crippen molar-refractivity contribution in [2.75, 3.05) is 0 Å². The molecule has 3 rings (SSSR count). The molecule has 0 unspecified atom stereocenters. The van der Waals surface area contributed by atoms with Gasteiger partial charge in [-0.25, -0.2) is 0 Å². The Morgan fingerprint density at radius 3 is 1.60 bits per heavy atom. The van der Waals surface area contributed by atoms with Crippen LogP contribution in [0.3, 0.4) is 0 Å². The molecular formula is C30H44O3S2. The van der Waals surface area contributed by atoms with E-state index in [0.717, 1.165) is 16.0 Å². The first-order valence-corrected chi connectivity index (χ1v) is 15.5. The zero-order chi connectivity index (χ0) is 25.4. The molecule has 0 N–H and O–H groups in total. The Bertz CT molecular complexity index is 999. The van der Waals surface area contributed by atoms with Gasteiger partial charge in [-0.15, -0.1) is 12.6 Å². The molecular weight excluding hydrogens is 472 g/mol. The van der Waals surface area contributed by atoms with Crippen LogP contribution in [0, 0.1) is 0 Å². The lowest BCUT2D eigenvalue weighted by Crippen LogP contribution is -2.11. The number of rotatable bonds is 6. The van der Waals surface area contributed by atoms with Gasteiger partial charge in [0.15, 0.2) is 0 Å². The fourth-order valence-electron chi connectivity index (χ4n) is 5.16. The summed E-state index contributed by atoms with van der Waals surface area (Å²) in [5, 5.41) is 0. The van der Waals surface area contributed by atoms with Crippen LogP contribution in [0.25, 0.3) is 0 Å². The number of thiol groups is 1. The van der Waals surface area contributed by atoms with E-state index in [1.165, 1.54) is 76.2 Å². The average molecular weight is 517 g/mol. The Morgan fingerprint density at radius 1 is 0.743 bits per heavy atom. The summed E-state index contributed by atoms with van der Waals surface area (Å²) in [6.07, 6.45) is 14.3. The molecule has 0 bridgehead atoms. The molecule has 0 heterocycles. The lowest BCUT2D eigenvalue weighted by Gasteiger charge is -2.19. The van der Waals surface area contributed by atoms with Crippen molar-refractivity contribution in [3.8, 4) is 5.75 Å². The third kappa shape index (κ3) is 8.01. The molecule has 1 fully saturated rings. The van der Waals surface area contributed by atoms with E-state index >= 15 is 0 Å². The Balaban J connectivity index is 1.77. The quantitative estimate of drug-likeness (QED) is 0.307. The molecule has 0 aliphatic heterocycles. The highest BCUT2D eigenvalue weighted by Gasteiger charge is 2.21. The highest BCUT2D eigenvalue weighted by atomic mass is 32.2. The summed E-state index contributed by atoms with van der Waals surface area (Å²) in [4.78, 5) is 1.13. The molecule has 2 aromatic carbocycles. The Morgan fingerprint density at radius 2 is 1.17 bits per heavy atom. The first kappa shape index (κ1) is 28.1. The van der Waals surface area contributed by atoms with Crippen LogP contribution in [-0.2, 0) is 10.1 Å². The SMILES string of the molecule is CC(C)c1cc(OS(=O)(=O)c2ccc(C3CCCCCCCCCCC3)cc2)cc(C(C)C)c1S. The zero-order valence-electron chi connectivity index (χ0n) is 22.1. The minimum Gasteiger partial charge on any atom is -0.379 e. The second-order valence-corrected chi connectivity index (χ2v) is 12.8. The number of hydrogen-bond donors (Lipinski definition) is 1. The van der Waals surface area contributed by atoms with Crippen LogP contribution >= 0.6 is 12.6 Å². The predicted octanol–water partition coefficient (Wildman–Crippen LogP) is 9.38. The Hall–Kier alpha value is -1.46. The molecule has 0 saturated heterocycles. The molecule has 0 aromatic heterocycles. The van der Waals surface area contributed by atoms with Crippen molar-refractivity contribution in [3.05, 3.63) is 53.1 Å². The van der Waals surface area contributed by atoms with Gasteiger partial charge in [-0.1, -0.05) is 97.6 Å². The third-order valence-corrected chi connectivity index (χ3v) is 9.12. The molecule has 0 radical (unpaired) electrons. The maximum Gasteiger partial charge on any atom is 0.339 e. The van der Waals surface area contributed by atoms with Gasteiger partial charge in [0.05, 0.1) is 0 Å². The summed E-state index contributed by atoms with van der Waals surface area (Å²) in [7, 11) is -3.92. The molecule has 0 spiro atoms. The van der Waals surface area contributed by atoms with E-state index < -0.39 is 10.1 Å². The summed E-state index contributed by atoms with van der Waals surface area (Å²) in [5.74, 6) is 1.31. The Labute approximate surface area is 219 Å². The van der Waals surface area contributed by atoms with Crippen molar-refractivity contribution in [2.45, 2.75) is 126 Å². The van der Waals surface area contributed by atoms with Crippen molar-refractivity contribution in [2.24, 2.45) is 0 Å². The van der Waals surface area contributed by atoms with Gasteiger partial charge in [-0.2, -0.15) is 8.42 Å². The van der Waals surface area contributed by atoms with Gasteiger partial charge in [0.2, 0.25) is 0 Å². The molecule has 5 heteroatoms. The van der Waals surface area contributed by atoms with E-state index in [2.05, 4.69) is 27.7 Å². The number of benzene rings is 2. The minimum atomic E-state index is -3.92. The molecule has 35 heavy (non-hydrogen) atoms. The van der Waals surface area contributed by atoms with Crippen molar-refractivity contribution in [1.82, 2.24) is 0 Å². The van der Waals surface area contributed by atoms with E-state index in [-0.39, 0.29) is 16.7 Å². The maximum absolute atomic E-state index is 13.1. The van der Waals surface area contributed by atoms with Crippen LogP contribution in [-0.4, -0.2) is 8.42 Å². The summed E-state index contributed by atoms with van der Waals surface area (Å²) in [5.41, 5.74) is 3.26. The molecule has 2 aromatic rings. The minimum absolute atomic E-state index is 0.210. The van der Waals surface area contributed by atoms with Gasteiger partial charge in [-0.3, -0.25) is 0 Å². The normalized spacial score (nSPS) is 17.2. The first-order chi connectivity index (χ1) is 16.7. The smallest absolute Gasteiger partial charge is 0.339 e. The van der Waals surface area contributed by atoms with Gasteiger partial charge >= 0.3 is 10.1 Å². The maximum atomic E-state index is 13.1. The topological polar surface area (TPSA) is 43.4 Å². The average Bonchev–Trinajstić information content (AvgIpc) is 2.80. The summed E-state index contributed by atoms with van der Waals surface area (Å²) >= 11 is 4.71. The van der Waals surface area contributed by atoms with Gasteiger partial charge in [0.25, 0.3) is 0 Å². The van der Waals surface area contributed by atoms with E-state index in [1.807, 2.05) is 24.3 Å². The fraction of sp³-hybridized carbons (Fsp3) is 0.600. The van der Waals surface area contributed by atoms with Crippen molar-refractivity contribution >= 4 is 22.7 Å². The predicted molar refractivity (Wildman–Crippen MR) is 150 cm³/mol. The lowest BCUT2D eigenvalue weighted by molar-refractivity contribution is 0.467. The zero-order valence-corrected chi connectivity index (χ0v) is 23.8. The van der Waals surface area contributed by atoms with E-state index in [9.17, 15) is 8.42 Å². The summed E-state index contributed by atoms with van der Waals surface area (Å²) in [6, 6.07) is 11.1. The molecule has 194 valence electrons. The second-order valence-electron chi connectivity index (χ2n) is 10.8. The van der Waals surface area contributed by atoms with Crippen LogP contribution < -0.4 is 4.18 Å². The molecule has 1 aliphatic rings. The van der Waals surface area contributed by atoms with Gasteiger partial charge < -0.3 is 4.18 Å². The van der Waals surface area contributed by atoms with Crippen molar-refractivity contribution in [1.29, 1.82) is 0 Å². The van der Waals surface area contributed by atoms with Crippen LogP contribution in [0.4, 0.5) is 0 Å². The largest absolute Gasteiger partial charge is 0.379 e. The van der Waals surface area contributed by atoms with Crippen LogP contribution in [0.1, 0.15) is 133 Å². The molecule has 0 amide bonds. The van der Waals surface area contributed by atoms with E-state index in [1.54, 1.807) is 12.1 Å². The van der Waals surface area contributed by atoms with E-state index in [0.29, 0.717) is 11.7 Å². The monoisotopic (exact) mass is 516 g/mol.